The van der Waals surface area contributed by atoms with E-state index in [1.807, 2.05) is 12.1 Å². The van der Waals surface area contributed by atoms with Crippen molar-refractivity contribution in [2.45, 2.75) is 6.54 Å². The van der Waals surface area contributed by atoms with Gasteiger partial charge in [0.2, 0.25) is 0 Å². The van der Waals surface area contributed by atoms with Gasteiger partial charge in [0.25, 0.3) is 0 Å². The predicted octanol–water partition coefficient (Wildman–Crippen LogP) is 6.64. The van der Waals surface area contributed by atoms with Crippen molar-refractivity contribution in [2.24, 2.45) is 4.99 Å². The van der Waals surface area contributed by atoms with E-state index in [9.17, 15) is 0 Å². The molecule has 0 unspecified atom stereocenters. The highest BCUT2D eigenvalue weighted by atomic mass is 79.9. The van der Waals surface area contributed by atoms with E-state index in [-0.39, 0.29) is 0 Å². The van der Waals surface area contributed by atoms with Crippen LogP contribution in [0.15, 0.2) is 107 Å². The van der Waals surface area contributed by atoms with Crippen LogP contribution in [0, 0.1) is 0 Å². The molecule has 0 aliphatic carbocycles. The van der Waals surface area contributed by atoms with Crippen molar-refractivity contribution in [1.29, 1.82) is 0 Å². The van der Waals surface area contributed by atoms with Crippen LogP contribution in [0.2, 0.25) is 0 Å². The summed E-state index contributed by atoms with van der Waals surface area (Å²) >= 11 is 3.53. The Labute approximate surface area is 162 Å². The van der Waals surface area contributed by atoms with Gasteiger partial charge in [0.15, 0.2) is 0 Å². The molecule has 0 radical (unpaired) electrons. The van der Waals surface area contributed by atoms with Crippen molar-refractivity contribution in [2.75, 3.05) is 0 Å². The smallest absolute Gasteiger partial charge is 0.0723 e. The molecule has 0 aromatic heterocycles. The number of aliphatic imine (C=N–C) groups is 1. The van der Waals surface area contributed by atoms with Gasteiger partial charge in [0, 0.05) is 15.6 Å². The molecule has 0 saturated heterocycles. The lowest BCUT2D eigenvalue weighted by molar-refractivity contribution is 1.07. The number of hydrogen-bond acceptors (Lipinski definition) is 1. The Hall–Kier alpha value is -2.71. The first-order valence-corrected chi connectivity index (χ1v) is 9.42. The molecule has 4 aromatic carbocycles. The van der Waals surface area contributed by atoms with Gasteiger partial charge in [0.1, 0.15) is 0 Å². The third-order valence-electron chi connectivity index (χ3n) is 4.38. The van der Waals surface area contributed by atoms with Crippen LogP contribution in [0.1, 0.15) is 16.7 Å². The average molecular weight is 400 g/mol. The molecule has 0 heterocycles. The summed E-state index contributed by atoms with van der Waals surface area (Å²) in [4.78, 5) is 4.97. The van der Waals surface area contributed by atoms with E-state index in [4.69, 9.17) is 4.99 Å². The van der Waals surface area contributed by atoms with Crippen molar-refractivity contribution in [1.82, 2.24) is 0 Å². The van der Waals surface area contributed by atoms with Crippen LogP contribution in [0.3, 0.4) is 0 Å². The highest BCUT2D eigenvalue weighted by Crippen LogP contribution is 2.22. The Morgan fingerprint density at radius 2 is 1.23 bits per heavy atom. The first kappa shape index (κ1) is 16.7. The molecule has 1 nitrogen and oxygen atoms in total. The first-order valence-electron chi connectivity index (χ1n) is 8.63. The number of benzene rings is 4. The number of hydrogen-bond donors (Lipinski definition) is 0. The number of nitrogens with zero attached hydrogens (tertiary/aromatic N) is 1. The van der Waals surface area contributed by atoms with Gasteiger partial charge in [-0.25, -0.2) is 0 Å². The third-order valence-corrected chi connectivity index (χ3v) is 4.87. The molecule has 0 N–H and O–H groups in total. The minimum atomic E-state index is 0.658. The third kappa shape index (κ3) is 3.76. The van der Waals surface area contributed by atoms with Crippen molar-refractivity contribution >= 4 is 32.4 Å². The van der Waals surface area contributed by atoms with E-state index in [1.54, 1.807) is 0 Å². The monoisotopic (exact) mass is 399 g/mol. The van der Waals surface area contributed by atoms with E-state index < -0.39 is 0 Å². The molecular formula is C24H18BrN. The van der Waals surface area contributed by atoms with Gasteiger partial charge in [0.05, 0.1) is 12.3 Å². The quantitative estimate of drug-likeness (QED) is 0.341. The number of rotatable bonds is 4. The fraction of sp³-hybridized carbons (Fsp3) is 0.0417. The molecule has 4 rings (SSSR count). The molecule has 0 spiro atoms. The summed E-state index contributed by atoms with van der Waals surface area (Å²) in [7, 11) is 0. The van der Waals surface area contributed by atoms with Crippen LogP contribution < -0.4 is 0 Å². The lowest BCUT2D eigenvalue weighted by atomic mass is 10.0. The SMILES string of the molecule is Brc1ccc2cc(CN=C(c3ccccc3)c3ccccc3)ccc2c1. The summed E-state index contributed by atoms with van der Waals surface area (Å²) in [6.45, 7) is 0.658. The van der Waals surface area contributed by atoms with Gasteiger partial charge in [-0.3, -0.25) is 4.99 Å². The molecule has 2 heteroatoms. The minimum absolute atomic E-state index is 0.658. The van der Waals surface area contributed by atoms with Crippen molar-refractivity contribution in [3.8, 4) is 0 Å². The van der Waals surface area contributed by atoms with E-state index in [1.165, 1.54) is 16.3 Å². The zero-order valence-corrected chi connectivity index (χ0v) is 15.9. The largest absolute Gasteiger partial charge is 0.279 e. The summed E-state index contributed by atoms with van der Waals surface area (Å²) in [5.41, 5.74) is 4.53. The van der Waals surface area contributed by atoms with Crippen LogP contribution in [-0.2, 0) is 6.54 Å². The molecule has 0 amide bonds. The maximum absolute atomic E-state index is 4.97. The van der Waals surface area contributed by atoms with E-state index >= 15 is 0 Å². The molecular weight excluding hydrogens is 382 g/mol. The van der Waals surface area contributed by atoms with Crippen LogP contribution in [0.4, 0.5) is 0 Å². The maximum Gasteiger partial charge on any atom is 0.0723 e. The lowest BCUT2D eigenvalue weighted by Crippen LogP contribution is -2.03. The zero-order valence-electron chi connectivity index (χ0n) is 14.3. The fourth-order valence-electron chi connectivity index (χ4n) is 3.08. The van der Waals surface area contributed by atoms with E-state index in [2.05, 4.69) is 101 Å². The molecule has 126 valence electrons. The van der Waals surface area contributed by atoms with E-state index in [0.717, 1.165) is 21.3 Å². The number of halogens is 1. The maximum atomic E-state index is 4.97. The summed E-state index contributed by atoms with van der Waals surface area (Å²) in [6, 6.07) is 33.7. The second-order valence-corrected chi connectivity index (χ2v) is 7.14. The van der Waals surface area contributed by atoms with Gasteiger partial charge in [-0.2, -0.15) is 0 Å². The summed E-state index contributed by atoms with van der Waals surface area (Å²) in [5, 5.41) is 2.47. The highest BCUT2D eigenvalue weighted by Gasteiger charge is 2.06. The molecule has 0 saturated carbocycles. The number of fused-ring (bicyclic) bond motifs is 1. The molecule has 26 heavy (non-hydrogen) atoms. The Morgan fingerprint density at radius 3 is 1.88 bits per heavy atom. The normalized spacial score (nSPS) is 10.7. The first-order chi connectivity index (χ1) is 12.8. The van der Waals surface area contributed by atoms with Gasteiger partial charge in [-0.1, -0.05) is 94.8 Å². The molecule has 0 fully saturated rings. The van der Waals surface area contributed by atoms with Gasteiger partial charge in [-0.05, 0) is 34.5 Å². The summed E-state index contributed by atoms with van der Waals surface area (Å²) < 4.78 is 1.10. The molecule has 0 atom stereocenters. The Balaban J connectivity index is 1.70. The predicted molar refractivity (Wildman–Crippen MR) is 114 cm³/mol. The minimum Gasteiger partial charge on any atom is -0.279 e. The van der Waals surface area contributed by atoms with Crippen LogP contribution in [0.25, 0.3) is 10.8 Å². The lowest BCUT2D eigenvalue weighted by Gasteiger charge is -2.08. The van der Waals surface area contributed by atoms with Crippen LogP contribution >= 0.6 is 15.9 Å². The van der Waals surface area contributed by atoms with Gasteiger partial charge >= 0.3 is 0 Å². The highest BCUT2D eigenvalue weighted by molar-refractivity contribution is 9.10. The van der Waals surface area contributed by atoms with Crippen molar-refractivity contribution < 1.29 is 0 Å². The summed E-state index contributed by atoms with van der Waals surface area (Å²) in [5.74, 6) is 0. The average Bonchev–Trinajstić information content (AvgIpc) is 2.70. The second kappa shape index (κ2) is 7.67. The molecule has 4 aromatic rings. The standard InChI is InChI=1S/C24H18BrN/c25-23-14-13-21-15-18(11-12-22(21)16-23)17-26-24(19-7-3-1-4-8-19)20-9-5-2-6-10-20/h1-16H,17H2. The Bertz CT molecular complexity index is 1010. The van der Waals surface area contributed by atoms with E-state index in [0.29, 0.717) is 6.54 Å². The van der Waals surface area contributed by atoms with Crippen molar-refractivity contribution in [3.63, 3.8) is 0 Å². The zero-order chi connectivity index (χ0) is 17.8. The topological polar surface area (TPSA) is 12.4 Å². The summed E-state index contributed by atoms with van der Waals surface area (Å²) in [6.07, 6.45) is 0. The Morgan fingerprint density at radius 1 is 0.654 bits per heavy atom. The van der Waals surface area contributed by atoms with Crippen LogP contribution in [0.5, 0.6) is 0 Å². The van der Waals surface area contributed by atoms with Crippen molar-refractivity contribution in [3.05, 3.63) is 118 Å². The van der Waals surface area contributed by atoms with Gasteiger partial charge < -0.3 is 0 Å². The Kier molecular flexibility index (Phi) is 4.94. The fourth-order valence-corrected chi connectivity index (χ4v) is 3.45. The van der Waals surface area contributed by atoms with Gasteiger partial charge in [-0.15, -0.1) is 0 Å². The molecule has 0 aliphatic heterocycles. The second-order valence-electron chi connectivity index (χ2n) is 6.22. The molecule has 0 bridgehead atoms. The van der Waals surface area contributed by atoms with Crippen LogP contribution in [-0.4, -0.2) is 5.71 Å². The molecule has 0 aliphatic rings.